The third-order valence-corrected chi connectivity index (χ3v) is 4.78. The summed E-state index contributed by atoms with van der Waals surface area (Å²) in [4.78, 5) is 32.0. The Kier molecular flexibility index (Phi) is 6.85. The van der Waals surface area contributed by atoms with Crippen LogP contribution in [0.25, 0.3) is 0 Å². The van der Waals surface area contributed by atoms with Crippen molar-refractivity contribution in [3.8, 4) is 5.88 Å². The van der Waals surface area contributed by atoms with Crippen molar-refractivity contribution in [3.05, 3.63) is 82.3 Å². The van der Waals surface area contributed by atoms with E-state index in [-0.39, 0.29) is 5.91 Å². The lowest BCUT2D eigenvalue weighted by atomic mass is 10.1. The Balaban J connectivity index is 1.65. The molecule has 0 saturated heterocycles. The van der Waals surface area contributed by atoms with Gasteiger partial charge in [0.25, 0.3) is 5.91 Å². The number of nitrogens with zero attached hydrogens (tertiary/aromatic N) is 1. The molecule has 0 aliphatic heterocycles. The van der Waals surface area contributed by atoms with Crippen LogP contribution in [0.5, 0.6) is 5.88 Å². The van der Waals surface area contributed by atoms with E-state index in [2.05, 4.69) is 15.3 Å². The van der Waals surface area contributed by atoms with Gasteiger partial charge in [-0.25, -0.2) is 9.78 Å². The van der Waals surface area contributed by atoms with Crippen molar-refractivity contribution in [2.24, 2.45) is 0 Å². The van der Waals surface area contributed by atoms with Gasteiger partial charge in [-0.2, -0.15) is 0 Å². The number of carbonyl (C=O) groups is 2. The van der Waals surface area contributed by atoms with Gasteiger partial charge in [0.1, 0.15) is 12.3 Å². The molecule has 3 aromatic rings. The summed E-state index contributed by atoms with van der Waals surface area (Å²) in [6, 6.07) is 13.4. The number of aromatic nitrogens is 2. The van der Waals surface area contributed by atoms with Crippen molar-refractivity contribution in [3.63, 3.8) is 0 Å². The summed E-state index contributed by atoms with van der Waals surface area (Å²) in [5, 5.41) is 2.87. The minimum Gasteiger partial charge on any atom is -0.473 e. The summed E-state index contributed by atoms with van der Waals surface area (Å²) in [7, 11) is 1.33. The molecule has 7 nitrogen and oxygen atoms in total. The highest BCUT2D eigenvalue weighted by atomic mass is 16.5. The number of pyridine rings is 1. The van der Waals surface area contributed by atoms with Crippen LogP contribution < -0.4 is 10.1 Å². The summed E-state index contributed by atoms with van der Waals surface area (Å²) in [5.74, 6) is -0.252. The Morgan fingerprint density at radius 1 is 1.13 bits per heavy atom. The monoisotopic (exact) mass is 407 g/mol. The Hall–Kier alpha value is -3.61. The van der Waals surface area contributed by atoms with Crippen molar-refractivity contribution in [1.82, 2.24) is 15.3 Å². The van der Waals surface area contributed by atoms with E-state index in [0.717, 1.165) is 11.1 Å². The highest BCUT2D eigenvalue weighted by Gasteiger charge is 2.23. The zero-order chi connectivity index (χ0) is 21.5. The highest BCUT2D eigenvalue weighted by molar-refractivity contribution is 6.00. The predicted octanol–water partition coefficient (Wildman–Crippen LogP) is 3.58. The van der Waals surface area contributed by atoms with Crippen LogP contribution in [0.15, 0.2) is 48.7 Å². The maximum atomic E-state index is 12.7. The smallest absolute Gasteiger partial charge is 0.339 e. The van der Waals surface area contributed by atoms with Crippen LogP contribution in [-0.4, -0.2) is 29.0 Å². The summed E-state index contributed by atoms with van der Waals surface area (Å²) in [6.45, 7) is 4.37. The second-order valence-electron chi connectivity index (χ2n) is 6.78. The topological polar surface area (TPSA) is 93.3 Å². The fourth-order valence-electron chi connectivity index (χ4n) is 3.17. The van der Waals surface area contributed by atoms with E-state index < -0.39 is 5.97 Å². The van der Waals surface area contributed by atoms with Gasteiger partial charge in [0, 0.05) is 24.5 Å². The Bertz CT molecular complexity index is 1030. The number of H-pyrrole nitrogens is 1. The zero-order valence-corrected chi connectivity index (χ0v) is 17.3. The number of aromatic amines is 1. The second-order valence-corrected chi connectivity index (χ2v) is 6.78. The molecule has 1 amide bonds. The first-order valence-electron chi connectivity index (χ1n) is 9.73. The van der Waals surface area contributed by atoms with Crippen LogP contribution in [0.1, 0.15) is 50.2 Å². The number of benzene rings is 1. The normalized spacial score (nSPS) is 10.5. The molecule has 0 bridgehead atoms. The standard InChI is InChI=1S/C23H25N3O4/c1-4-18-20(23(28)29-3)15(2)21(26-18)22(27)25-13-17-10-11-24-19(12-17)30-14-16-8-6-5-7-9-16/h5-12,26H,4,13-14H2,1-3H3,(H,25,27). The highest BCUT2D eigenvalue weighted by Crippen LogP contribution is 2.20. The third kappa shape index (κ3) is 4.86. The molecule has 0 radical (unpaired) electrons. The third-order valence-electron chi connectivity index (χ3n) is 4.78. The van der Waals surface area contributed by atoms with Crippen LogP contribution in [0, 0.1) is 6.92 Å². The molecule has 0 unspecified atom stereocenters. The number of rotatable bonds is 8. The maximum Gasteiger partial charge on any atom is 0.339 e. The number of nitrogens with one attached hydrogen (secondary N) is 2. The van der Waals surface area contributed by atoms with Crippen molar-refractivity contribution in [2.45, 2.75) is 33.4 Å². The van der Waals surface area contributed by atoms with E-state index in [1.54, 1.807) is 19.2 Å². The van der Waals surface area contributed by atoms with Gasteiger partial charge in [-0.3, -0.25) is 4.79 Å². The first kappa shape index (κ1) is 21.1. The number of ether oxygens (including phenoxy) is 2. The molecule has 3 rings (SSSR count). The molecule has 2 N–H and O–H groups in total. The first-order valence-corrected chi connectivity index (χ1v) is 9.73. The lowest BCUT2D eigenvalue weighted by Gasteiger charge is -2.08. The number of aryl methyl sites for hydroxylation is 1. The molecule has 30 heavy (non-hydrogen) atoms. The Morgan fingerprint density at radius 2 is 1.90 bits per heavy atom. The Labute approximate surface area is 175 Å². The second kappa shape index (κ2) is 9.73. The summed E-state index contributed by atoms with van der Waals surface area (Å²) < 4.78 is 10.6. The van der Waals surface area contributed by atoms with Crippen LogP contribution in [0.2, 0.25) is 0 Å². The molecular weight excluding hydrogens is 382 g/mol. The van der Waals surface area contributed by atoms with E-state index in [0.29, 0.717) is 48.0 Å². The molecule has 0 aliphatic carbocycles. The fourth-order valence-corrected chi connectivity index (χ4v) is 3.17. The lowest BCUT2D eigenvalue weighted by molar-refractivity contribution is 0.0599. The number of hydrogen-bond acceptors (Lipinski definition) is 5. The molecule has 1 aromatic carbocycles. The van der Waals surface area contributed by atoms with Gasteiger partial charge in [0.05, 0.1) is 12.7 Å². The minimum absolute atomic E-state index is 0.291. The van der Waals surface area contributed by atoms with Crippen molar-refractivity contribution >= 4 is 11.9 Å². The van der Waals surface area contributed by atoms with Crippen molar-refractivity contribution in [1.29, 1.82) is 0 Å². The van der Waals surface area contributed by atoms with E-state index in [1.165, 1.54) is 7.11 Å². The van der Waals surface area contributed by atoms with Gasteiger partial charge < -0.3 is 19.8 Å². The molecule has 2 aromatic heterocycles. The average Bonchev–Trinajstić information content (AvgIpc) is 3.13. The SMILES string of the molecule is CCc1[nH]c(C(=O)NCc2ccnc(OCc3ccccc3)c2)c(C)c1C(=O)OC. The fraction of sp³-hybridized carbons (Fsp3) is 0.261. The van der Waals surface area contributed by atoms with Crippen LogP contribution in [0.3, 0.4) is 0 Å². The van der Waals surface area contributed by atoms with Crippen LogP contribution >= 0.6 is 0 Å². The van der Waals surface area contributed by atoms with E-state index >= 15 is 0 Å². The predicted molar refractivity (Wildman–Crippen MR) is 112 cm³/mol. The van der Waals surface area contributed by atoms with E-state index in [9.17, 15) is 9.59 Å². The summed E-state index contributed by atoms with van der Waals surface area (Å²) in [5.41, 5.74) is 3.96. The molecule has 0 saturated carbocycles. The lowest BCUT2D eigenvalue weighted by Crippen LogP contribution is -2.24. The van der Waals surface area contributed by atoms with Gasteiger partial charge in [-0.1, -0.05) is 37.3 Å². The van der Waals surface area contributed by atoms with Gasteiger partial charge in [0.15, 0.2) is 0 Å². The number of amides is 1. The molecule has 156 valence electrons. The molecule has 0 fully saturated rings. The maximum absolute atomic E-state index is 12.7. The van der Waals surface area contributed by atoms with E-state index in [1.807, 2.05) is 43.3 Å². The van der Waals surface area contributed by atoms with Gasteiger partial charge in [0.2, 0.25) is 5.88 Å². The van der Waals surface area contributed by atoms with Crippen molar-refractivity contribution < 1.29 is 19.1 Å². The van der Waals surface area contributed by atoms with Gasteiger partial charge in [-0.15, -0.1) is 0 Å². The number of esters is 1. The molecule has 7 heteroatoms. The molecule has 0 aliphatic rings. The first-order chi connectivity index (χ1) is 14.5. The van der Waals surface area contributed by atoms with Gasteiger partial charge in [-0.05, 0) is 36.1 Å². The molecular formula is C23H25N3O4. The van der Waals surface area contributed by atoms with Crippen molar-refractivity contribution in [2.75, 3.05) is 7.11 Å². The average molecular weight is 407 g/mol. The summed E-state index contributed by atoms with van der Waals surface area (Å²) in [6.07, 6.45) is 2.23. The minimum atomic E-state index is -0.450. The van der Waals surface area contributed by atoms with Crippen LogP contribution in [-0.2, 0) is 24.3 Å². The van der Waals surface area contributed by atoms with E-state index in [4.69, 9.17) is 9.47 Å². The summed E-state index contributed by atoms with van der Waals surface area (Å²) >= 11 is 0. The number of carbonyl (C=O) groups excluding carboxylic acids is 2. The molecule has 0 atom stereocenters. The number of hydrogen-bond donors (Lipinski definition) is 2. The van der Waals surface area contributed by atoms with Gasteiger partial charge >= 0.3 is 5.97 Å². The molecule has 2 heterocycles. The quantitative estimate of drug-likeness (QED) is 0.557. The van der Waals surface area contributed by atoms with Crippen LogP contribution in [0.4, 0.5) is 0 Å². The molecule has 0 spiro atoms. The largest absolute Gasteiger partial charge is 0.473 e. The zero-order valence-electron chi connectivity index (χ0n) is 17.3. The Morgan fingerprint density at radius 3 is 2.60 bits per heavy atom. The number of methoxy groups -OCH3 is 1.